The standard InChI is InChI=1S/C14H11Cl2FN2O2/c1-21-12-3-2-8(6-11(12)17)19-14(20)9-4-7(18)5-10(15)13(9)16/h2-6H,18H2,1H3,(H,19,20). The van der Waals surface area contributed by atoms with Crippen molar-refractivity contribution in [2.45, 2.75) is 0 Å². The largest absolute Gasteiger partial charge is 0.494 e. The third-order valence-corrected chi connectivity index (χ3v) is 3.51. The lowest BCUT2D eigenvalue weighted by Gasteiger charge is -2.10. The third-order valence-electron chi connectivity index (χ3n) is 2.70. The molecule has 0 unspecified atom stereocenters. The summed E-state index contributed by atoms with van der Waals surface area (Å²) in [6.07, 6.45) is 0. The lowest BCUT2D eigenvalue weighted by atomic mass is 10.1. The van der Waals surface area contributed by atoms with E-state index >= 15 is 0 Å². The lowest BCUT2D eigenvalue weighted by molar-refractivity contribution is 0.102. The van der Waals surface area contributed by atoms with Crippen LogP contribution < -0.4 is 15.8 Å². The predicted molar refractivity (Wildman–Crippen MR) is 81.8 cm³/mol. The first-order valence-electron chi connectivity index (χ1n) is 5.81. The molecule has 1 amide bonds. The van der Waals surface area contributed by atoms with Crippen LogP contribution in [0.5, 0.6) is 5.75 Å². The number of anilines is 2. The molecular formula is C14H11Cl2FN2O2. The van der Waals surface area contributed by atoms with Gasteiger partial charge in [0.2, 0.25) is 0 Å². The smallest absolute Gasteiger partial charge is 0.257 e. The van der Waals surface area contributed by atoms with Crippen LogP contribution in [0.2, 0.25) is 10.0 Å². The summed E-state index contributed by atoms with van der Waals surface area (Å²) in [6.45, 7) is 0. The Balaban J connectivity index is 2.28. The average molecular weight is 329 g/mol. The van der Waals surface area contributed by atoms with Crippen LogP contribution in [0.15, 0.2) is 30.3 Å². The zero-order valence-corrected chi connectivity index (χ0v) is 12.4. The minimum Gasteiger partial charge on any atom is -0.494 e. The highest BCUT2D eigenvalue weighted by molar-refractivity contribution is 6.44. The van der Waals surface area contributed by atoms with Gasteiger partial charge in [0.05, 0.1) is 22.7 Å². The summed E-state index contributed by atoms with van der Waals surface area (Å²) < 4.78 is 18.4. The Labute approximate surface area is 130 Å². The van der Waals surface area contributed by atoms with E-state index in [0.717, 1.165) is 6.07 Å². The van der Waals surface area contributed by atoms with E-state index in [1.165, 1.54) is 31.4 Å². The number of halogens is 3. The van der Waals surface area contributed by atoms with Crippen molar-refractivity contribution in [2.24, 2.45) is 0 Å². The van der Waals surface area contributed by atoms with Crippen LogP contribution in [0.3, 0.4) is 0 Å². The fourth-order valence-corrected chi connectivity index (χ4v) is 2.14. The number of amides is 1. The number of rotatable bonds is 3. The predicted octanol–water partition coefficient (Wildman–Crippen LogP) is 3.98. The van der Waals surface area contributed by atoms with Gasteiger partial charge in [0.1, 0.15) is 0 Å². The van der Waals surface area contributed by atoms with Crippen molar-refractivity contribution in [1.29, 1.82) is 0 Å². The SMILES string of the molecule is COc1ccc(NC(=O)c2cc(N)cc(Cl)c2Cl)cc1F. The van der Waals surface area contributed by atoms with Gasteiger partial charge >= 0.3 is 0 Å². The molecule has 2 aromatic rings. The molecule has 3 N–H and O–H groups in total. The maximum absolute atomic E-state index is 13.6. The highest BCUT2D eigenvalue weighted by atomic mass is 35.5. The molecule has 0 saturated carbocycles. The van der Waals surface area contributed by atoms with Crippen molar-refractivity contribution in [3.8, 4) is 5.75 Å². The second kappa shape index (κ2) is 6.20. The van der Waals surface area contributed by atoms with E-state index < -0.39 is 11.7 Å². The number of nitrogen functional groups attached to an aromatic ring is 1. The third kappa shape index (κ3) is 3.37. The topological polar surface area (TPSA) is 64.3 Å². The van der Waals surface area contributed by atoms with Crippen molar-refractivity contribution in [3.05, 3.63) is 51.8 Å². The van der Waals surface area contributed by atoms with E-state index in [1.54, 1.807) is 0 Å². The molecule has 0 aliphatic heterocycles. The fourth-order valence-electron chi connectivity index (χ4n) is 1.72. The van der Waals surface area contributed by atoms with Crippen LogP contribution in [-0.4, -0.2) is 13.0 Å². The van der Waals surface area contributed by atoms with Crippen molar-refractivity contribution in [3.63, 3.8) is 0 Å². The number of carbonyl (C=O) groups is 1. The number of nitrogens with two attached hydrogens (primary N) is 1. The molecule has 0 saturated heterocycles. The highest BCUT2D eigenvalue weighted by Crippen LogP contribution is 2.29. The molecule has 0 atom stereocenters. The Hall–Kier alpha value is -1.98. The summed E-state index contributed by atoms with van der Waals surface area (Å²) in [5.41, 5.74) is 6.29. The molecule has 4 nitrogen and oxygen atoms in total. The summed E-state index contributed by atoms with van der Waals surface area (Å²) in [7, 11) is 1.35. The van der Waals surface area contributed by atoms with Gasteiger partial charge in [-0.05, 0) is 24.3 Å². The average Bonchev–Trinajstić information content (AvgIpc) is 2.43. The summed E-state index contributed by atoms with van der Waals surface area (Å²) >= 11 is 11.8. The van der Waals surface area contributed by atoms with E-state index in [-0.39, 0.29) is 27.0 Å². The van der Waals surface area contributed by atoms with E-state index in [1.807, 2.05) is 0 Å². The van der Waals surface area contributed by atoms with Gasteiger partial charge < -0.3 is 15.8 Å². The van der Waals surface area contributed by atoms with Crippen LogP contribution >= 0.6 is 23.2 Å². The fraction of sp³-hybridized carbons (Fsp3) is 0.0714. The first-order chi connectivity index (χ1) is 9.92. The number of hydrogen-bond donors (Lipinski definition) is 2. The van der Waals surface area contributed by atoms with Gasteiger partial charge in [-0.2, -0.15) is 0 Å². The molecule has 2 rings (SSSR count). The second-order valence-electron chi connectivity index (χ2n) is 4.17. The first kappa shape index (κ1) is 15.4. The molecular weight excluding hydrogens is 318 g/mol. The molecule has 0 aromatic heterocycles. The van der Waals surface area contributed by atoms with Crippen molar-refractivity contribution < 1.29 is 13.9 Å². The highest BCUT2D eigenvalue weighted by Gasteiger charge is 2.15. The Morgan fingerprint density at radius 2 is 2.00 bits per heavy atom. The van der Waals surface area contributed by atoms with E-state index in [0.29, 0.717) is 5.69 Å². The van der Waals surface area contributed by atoms with Crippen LogP contribution in [-0.2, 0) is 0 Å². The van der Waals surface area contributed by atoms with Crippen LogP contribution in [0.1, 0.15) is 10.4 Å². The van der Waals surface area contributed by atoms with Gasteiger partial charge in [-0.1, -0.05) is 23.2 Å². The monoisotopic (exact) mass is 328 g/mol. The second-order valence-corrected chi connectivity index (χ2v) is 4.95. The Morgan fingerprint density at radius 1 is 1.29 bits per heavy atom. The number of ether oxygens (including phenoxy) is 1. The molecule has 0 heterocycles. The number of hydrogen-bond acceptors (Lipinski definition) is 3. The van der Waals surface area contributed by atoms with E-state index in [4.69, 9.17) is 33.7 Å². The minimum absolute atomic E-state index is 0.0809. The van der Waals surface area contributed by atoms with Gasteiger partial charge in [-0.15, -0.1) is 0 Å². The molecule has 0 spiro atoms. The molecule has 0 fully saturated rings. The first-order valence-corrected chi connectivity index (χ1v) is 6.57. The van der Waals surface area contributed by atoms with Crippen LogP contribution in [0, 0.1) is 5.82 Å². The number of nitrogens with one attached hydrogen (secondary N) is 1. The van der Waals surface area contributed by atoms with Gasteiger partial charge in [0, 0.05) is 17.4 Å². The van der Waals surface area contributed by atoms with Crippen LogP contribution in [0.25, 0.3) is 0 Å². The molecule has 110 valence electrons. The minimum atomic E-state index is -0.591. The summed E-state index contributed by atoms with van der Waals surface area (Å²) in [6, 6.07) is 6.87. The van der Waals surface area contributed by atoms with Gasteiger partial charge in [0.25, 0.3) is 5.91 Å². The van der Waals surface area contributed by atoms with Gasteiger partial charge in [-0.3, -0.25) is 4.79 Å². The quantitative estimate of drug-likeness (QED) is 0.837. The maximum atomic E-state index is 13.6. The summed E-state index contributed by atoms with van der Waals surface area (Å²) in [5, 5.41) is 2.76. The van der Waals surface area contributed by atoms with Crippen molar-refractivity contribution in [2.75, 3.05) is 18.2 Å². The number of benzene rings is 2. The molecule has 21 heavy (non-hydrogen) atoms. The van der Waals surface area contributed by atoms with Gasteiger partial charge in [0.15, 0.2) is 11.6 Å². The molecule has 0 aliphatic carbocycles. The molecule has 2 aromatic carbocycles. The number of carbonyl (C=O) groups excluding carboxylic acids is 1. The Bertz CT molecular complexity index is 708. The normalized spacial score (nSPS) is 10.3. The molecule has 0 radical (unpaired) electrons. The Kier molecular flexibility index (Phi) is 4.55. The Morgan fingerprint density at radius 3 is 2.62 bits per heavy atom. The summed E-state index contributed by atoms with van der Waals surface area (Å²) in [5.74, 6) is -1.05. The zero-order valence-electron chi connectivity index (χ0n) is 10.9. The summed E-state index contributed by atoms with van der Waals surface area (Å²) in [4.78, 5) is 12.1. The van der Waals surface area contributed by atoms with E-state index in [9.17, 15) is 9.18 Å². The van der Waals surface area contributed by atoms with Crippen molar-refractivity contribution in [1.82, 2.24) is 0 Å². The number of methoxy groups -OCH3 is 1. The molecule has 0 aliphatic rings. The lowest BCUT2D eigenvalue weighted by Crippen LogP contribution is -2.13. The molecule has 0 bridgehead atoms. The molecule has 7 heteroatoms. The van der Waals surface area contributed by atoms with Crippen molar-refractivity contribution >= 4 is 40.5 Å². The van der Waals surface area contributed by atoms with Gasteiger partial charge in [-0.25, -0.2) is 4.39 Å². The van der Waals surface area contributed by atoms with Crippen LogP contribution in [0.4, 0.5) is 15.8 Å². The van der Waals surface area contributed by atoms with E-state index in [2.05, 4.69) is 5.32 Å². The zero-order chi connectivity index (χ0) is 15.6. The maximum Gasteiger partial charge on any atom is 0.257 e.